The fourth-order valence-electron chi connectivity index (χ4n) is 5.95. The summed E-state index contributed by atoms with van der Waals surface area (Å²) in [6, 6.07) is 26.5. The van der Waals surface area contributed by atoms with E-state index in [-0.39, 0.29) is 6.04 Å². The van der Waals surface area contributed by atoms with E-state index in [1.54, 1.807) is 12.4 Å². The molecule has 0 aliphatic carbocycles. The second-order valence-corrected chi connectivity index (χ2v) is 9.93. The SMILES string of the molecule is C1=CNC2C(=C1)N(c1ccc3ncccc3n1)c1nc3c4ccccc4n(-c4ccc5ncccc5n4)c3cc12. The highest BCUT2D eigenvalue weighted by Crippen LogP contribution is 2.48. The molecule has 2 aliphatic heterocycles. The molecular weight excluding hydrogens is 496 g/mol. The van der Waals surface area contributed by atoms with Crippen LogP contribution in [-0.4, -0.2) is 29.5 Å². The van der Waals surface area contributed by atoms with Gasteiger partial charge in [-0.2, -0.15) is 0 Å². The van der Waals surface area contributed by atoms with E-state index in [1.807, 2.05) is 60.8 Å². The Morgan fingerprint density at radius 1 is 0.675 bits per heavy atom. The molecule has 188 valence electrons. The lowest BCUT2D eigenvalue weighted by molar-refractivity contribution is 0.720. The zero-order valence-electron chi connectivity index (χ0n) is 21.1. The van der Waals surface area contributed by atoms with Gasteiger partial charge in [0, 0.05) is 23.3 Å². The summed E-state index contributed by atoms with van der Waals surface area (Å²) >= 11 is 0. The van der Waals surface area contributed by atoms with E-state index >= 15 is 0 Å². The van der Waals surface area contributed by atoms with Gasteiger partial charge >= 0.3 is 0 Å². The number of dihydropyridines is 1. The van der Waals surface area contributed by atoms with E-state index in [9.17, 15) is 0 Å². The van der Waals surface area contributed by atoms with Crippen molar-refractivity contribution in [1.82, 2.24) is 34.8 Å². The lowest BCUT2D eigenvalue weighted by atomic mass is 10.1. The molecule has 1 unspecified atom stereocenters. The van der Waals surface area contributed by atoms with E-state index in [1.165, 1.54) is 0 Å². The number of para-hydroxylation sites is 1. The van der Waals surface area contributed by atoms with Gasteiger partial charge in [0.15, 0.2) is 0 Å². The van der Waals surface area contributed by atoms with Crippen LogP contribution in [0.2, 0.25) is 0 Å². The van der Waals surface area contributed by atoms with Gasteiger partial charge < -0.3 is 5.32 Å². The number of anilines is 2. The van der Waals surface area contributed by atoms with Gasteiger partial charge in [-0.1, -0.05) is 18.2 Å². The van der Waals surface area contributed by atoms with Crippen LogP contribution in [0.1, 0.15) is 11.6 Å². The average Bonchev–Trinajstić information content (AvgIpc) is 3.51. The van der Waals surface area contributed by atoms with Crippen LogP contribution in [0.25, 0.3) is 49.8 Å². The molecule has 0 saturated heterocycles. The lowest BCUT2D eigenvalue weighted by Crippen LogP contribution is -2.23. The first-order valence-corrected chi connectivity index (χ1v) is 13.1. The minimum Gasteiger partial charge on any atom is -0.379 e. The van der Waals surface area contributed by atoms with Crippen LogP contribution in [0.15, 0.2) is 115 Å². The summed E-state index contributed by atoms with van der Waals surface area (Å²) in [5, 5.41) is 4.62. The Kier molecular flexibility index (Phi) is 4.23. The van der Waals surface area contributed by atoms with Crippen LogP contribution in [0, 0.1) is 0 Å². The summed E-state index contributed by atoms with van der Waals surface area (Å²) in [5.41, 5.74) is 8.58. The van der Waals surface area contributed by atoms with E-state index in [0.29, 0.717) is 0 Å². The standard InChI is InChI=1S/C32H20N8/c1-2-9-25-19(6-1)31-27(39(25)28-13-11-21-23(36-28)7-3-15-33-21)18-20-30-26(10-5-17-35-30)40(32(20)38-31)29-14-12-22-24(37-29)8-4-16-34-22/h1-18,30,35H. The highest BCUT2D eigenvalue weighted by atomic mass is 15.3. The number of pyridine rings is 5. The Bertz CT molecular complexity index is 2230. The quantitative estimate of drug-likeness (QED) is 0.290. The number of benzene rings is 1. The maximum Gasteiger partial charge on any atom is 0.145 e. The van der Waals surface area contributed by atoms with E-state index < -0.39 is 0 Å². The van der Waals surface area contributed by atoms with Crippen LogP contribution >= 0.6 is 0 Å². The van der Waals surface area contributed by atoms with Crippen LogP contribution in [0.5, 0.6) is 0 Å². The fraction of sp³-hybridized carbons (Fsp3) is 0.0312. The Morgan fingerprint density at radius 2 is 1.43 bits per heavy atom. The van der Waals surface area contributed by atoms with Crippen LogP contribution in [0.4, 0.5) is 11.6 Å². The first-order chi connectivity index (χ1) is 19.8. The molecule has 8 heteroatoms. The highest BCUT2D eigenvalue weighted by molar-refractivity contribution is 6.08. The molecule has 1 aromatic carbocycles. The van der Waals surface area contributed by atoms with Crippen molar-refractivity contribution >= 4 is 55.6 Å². The Balaban J connectivity index is 1.33. The molecule has 9 rings (SSSR count). The van der Waals surface area contributed by atoms with Crippen molar-refractivity contribution in [2.24, 2.45) is 0 Å². The van der Waals surface area contributed by atoms with Crippen molar-refractivity contribution in [3.8, 4) is 5.82 Å². The number of fused-ring (bicyclic) bond motifs is 8. The normalized spacial score (nSPS) is 15.9. The molecule has 7 aromatic rings. The molecule has 0 fully saturated rings. The molecule has 8 nitrogen and oxygen atoms in total. The van der Waals surface area contributed by atoms with Crippen molar-refractivity contribution < 1.29 is 0 Å². The van der Waals surface area contributed by atoms with Gasteiger partial charge in [0.2, 0.25) is 0 Å². The number of aromatic nitrogens is 6. The van der Waals surface area contributed by atoms with E-state index in [2.05, 4.69) is 61.2 Å². The third-order valence-electron chi connectivity index (χ3n) is 7.70. The van der Waals surface area contributed by atoms with Gasteiger partial charge in [-0.05, 0) is 79.0 Å². The number of hydrogen-bond donors (Lipinski definition) is 1. The molecule has 8 heterocycles. The predicted molar refractivity (Wildman–Crippen MR) is 156 cm³/mol. The van der Waals surface area contributed by atoms with E-state index in [0.717, 1.165) is 72.7 Å². The third kappa shape index (κ3) is 2.92. The molecule has 6 aromatic heterocycles. The number of allylic oxidation sites excluding steroid dienone is 2. The molecule has 2 aliphatic rings. The van der Waals surface area contributed by atoms with Gasteiger partial charge in [0.05, 0.1) is 50.4 Å². The van der Waals surface area contributed by atoms with Gasteiger partial charge in [-0.15, -0.1) is 0 Å². The topological polar surface area (TPSA) is 84.6 Å². The number of rotatable bonds is 2. The Morgan fingerprint density at radius 3 is 2.25 bits per heavy atom. The first kappa shape index (κ1) is 21.3. The highest BCUT2D eigenvalue weighted by Gasteiger charge is 2.38. The summed E-state index contributed by atoms with van der Waals surface area (Å²) in [6.07, 6.45) is 9.72. The second-order valence-electron chi connectivity index (χ2n) is 9.93. The lowest BCUT2D eigenvalue weighted by Gasteiger charge is -2.23. The second kappa shape index (κ2) is 7.94. The number of nitrogens with one attached hydrogen (secondary N) is 1. The van der Waals surface area contributed by atoms with Crippen molar-refractivity contribution in [3.05, 3.63) is 121 Å². The van der Waals surface area contributed by atoms with Crippen LogP contribution < -0.4 is 10.2 Å². The monoisotopic (exact) mass is 516 g/mol. The molecule has 0 saturated carbocycles. The fourth-order valence-corrected chi connectivity index (χ4v) is 5.95. The molecule has 1 atom stereocenters. The molecule has 0 bridgehead atoms. The van der Waals surface area contributed by atoms with Gasteiger partial charge in [0.25, 0.3) is 0 Å². The molecule has 1 N–H and O–H groups in total. The maximum atomic E-state index is 5.36. The third-order valence-corrected chi connectivity index (χ3v) is 7.70. The smallest absolute Gasteiger partial charge is 0.145 e. The molecule has 0 spiro atoms. The van der Waals surface area contributed by atoms with Gasteiger partial charge in [-0.3, -0.25) is 19.4 Å². The van der Waals surface area contributed by atoms with Crippen LogP contribution in [0.3, 0.4) is 0 Å². The van der Waals surface area contributed by atoms with Crippen molar-refractivity contribution in [3.63, 3.8) is 0 Å². The van der Waals surface area contributed by atoms with Gasteiger partial charge in [0.1, 0.15) is 17.5 Å². The van der Waals surface area contributed by atoms with E-state index in [4.69, 9.17) is 15.0 Å². The molecule has 0 amide bonds. The first-order valence-electron chi connectivity index (χ1n) is 13.1. The summed E-state index contributed by atoms with van der Waals surface area (Å²) in [5.74, 6) is 2.51. The summed E-state index contributed by atoms with van der Waals surface area (Å²) < 4.78 is 2.20. The number of hydrogen-bond acceptors (Lipinski definition) is 7. The molecular formula is C32H20N8. The van der Waals surface area contributed by atoms with Crippen LogP contribution in [-0.2, 0) is 0 Å². The summed E-state index contributed by atoms with van der Waals surface area (Å²) in [4.78, 5) is 26.4. The largest absolute Gasteiger partial charge is 0.379 e. The number of nitrogens with zero attached hydrogens (tertiary/aromatic N) is 7. The van der Waals surface area contributed by atoms with Crippen molar-refractivity contribution in [1.29, 1.82) is 0 Å². The minimum absolute atomic E-state index is 0.0523. The maximum absolute atomic E-state index is 5.36. The summed E-state index contributed by atoms with van der Waals surface area (Å²) in [6.45, 7) is 0. The minimum atomic E-state index is -0.0523. The Labute approximate surface area is 228 Å². The molecule has 40 heavy (non-hydrogen) atoms. The van der Waals surface area contributed by atoms with Crippen molar-refractivity contribution in [2.45, 2.75) is 6.04 Å². The average molecular weight is 517 g/mol. The predicted octanol–water partition coefficient (Wildman–Crippen LogP) is 6.26. The zero-order chi connectivity index (χ0) is 26.2. The van der Waals surface area contributed by atoms with Crippen molar-refractivity contribution in [2.75, 3.05) is 4.90 Å². The zero-order valence-corrected chi connectivity index (χ0v) is 21.1. The van der Waals surface area contributed by atoms with Gasteiger partial charge in [-0.25, -0.2) is 15.0 Å². The molecule has 0 radical (unpaired) electrons. The summed E-state index contributed by atoms with van der Waals surface area (Å²) in [7, 11) is 0. The Hall–Kier alpha value is -5.63.